The van der Waals surface area contributed by atoms with Gasteiger partial charge in [0.1, 0.15) is 5.82 Å². The van der Waals surface area contributed by atoms with E-state index in [-0.39, 0.29) is 15.1 Å². The topological polar surface area (TPSA) is 12.9 Å². The molecule has 0 aliphatic rings. The van der Waals surface area contributed by atoms with Gasteiger partial charge in [0.25, 0.3) is 0 Å². The third kappa shape index (κ3) is 1.93. The number of hydrogen-bond acceptors (Lipinski definition) is 3. The molecule has 7 heteroatoms. The Balaban J connectivity index is 2.71. The zero-order valence-electron chi connectivity index (χ0n) is 6.97. The maximum absolute atomic E-state index is 12.9. The molecule has 0 atom stereocenters. The molecule has 0 radical (unpaired) electrons. The Morgan fingerprint density at radius 2 is 1.93 bits per heavy atom. The molecule has 1 nitrogen and oxygen atoms in total. The number of thiol groups is 1. The molecule has 1 aromatic heterocycles. The smallest absolute Gasteiger partial charge is 0.231 e. The van der Waals surface area contributed by atoms with Gasteiger partial charge in [-0.25, -0.2) is 9.37 Å². The minimum absolute atomic E-state index is 0.0806. The molecule has 0 fully saturated rings. The van der Waals surface area contributed by atoms with Crippen molar-refractivity contribution in [3.05, 3.63) is 23.0 Å². The number of nitrogens with zero attached hydrogens (tertiary/aromatic N) is 1. The minimum atomic E-state index is -4.50. The van der Waals surface area contributed by atoms with E-state index in [0.29, 0.717) is 11.3 Å². The molecule has 0 aliphatic carbocycles. The van der Waals surface area contributed by atoms with Gasteiger partial charge in [-0.1, -0.05) is 0 Å². The van der Waals surface area contributed by atoms with E-state index in [1.807, 2.05) is 0 Å². The first-order valence-electron chi connectivity index (χ1n) is 3.74. The molecule has 1 heterocycles. The summed E-state index contributed by atoms with van der Waals surface area (Å²) in [5, 5.41) is -0.988. The van der Waals surface area contributed by atoms with Gasteiger partial charge in [-0.05, 0) is 12.1 Å². The summed E-state index contributed by atoms with van der Waals surface area (Å²) in [4.78, 5) is 3.48. The van der Waals surface area contributed by atoms with E-state index >= 15 is 0 Å². The lowest BCUT2D eigenvalue weighted by Crippen LogP contribution is -2.03. The highest BCUT2D eigenvalue weighted by Gasteiger charge is 2.35. The van der Waals surface area contributed by atoms with Crippen molar-refractivity contribution in [2.75, 3.05) is 0 Å². The van der Waals surface area contributed by atoms with Crippen LogP contribution in [0.25, 0.3) is 10.2 Å². The fraction of sp³-hybridized carbons (Fsp3) is 0.125. The van der Waals surface area contributed by atoms with Crippen LogP contribution in [0.3, 0.4) is 0 Å². The Hall–Kier alpha value is -0.820. The van der Waals surface area contributed by atoms with Crippen LogP contribution in [0.15, 0.2) is 17.0 Å². The summed E-state index contributed by atoms with van der Waals surface area (Å²) in [6.07, 6.45) is -4.50. The van der Waals surface area contributed by atoms with Crippen LogP contribution in [0, 0.1) is 5.82 Å². The number of thiazole rings is 1. The maximum Gasteiger partial charge on any atom is 0.443 e. The average molecular weight is 253 g/mol. The summed E-state index contributed by atoms with van der Waals surface area (Å²) in [6, 6.07) is 2.05. The number of rotatable bonds is 0. The summed E-state index contributed by atoms with van der Waals surface area (Å²) in [6.45, 7) is 0. The molecule has 1 aromatic carbocycles. The van der Waals surface area contributed by atoms with Crippen molar-refractivity contribution in [3.63, 3.8) is 0 Å². The van der Waals surface area contributed by atoms with Gasteiger partial charge >= 0.3 is 6.18 Å². The molecule has 80 valence electrons. The molecule has 0 aliphatic heterocycles. The van der Waals surface area contributed by atoms with Crippen molar-refractivity contribution in [1.29, 1.82) is 0 Å². The standard InChI is InChI=1S/C8H3F4NS2/c9-3-1-4(14)6-5(2-3)15-7(13-6)8(10,11)12/h1-2,14H. The summed E-state index contributed by atoms with van der Waals surface area (Å²) < 4.78 is 49.9. The zero-order valence-corrected chi connectivity index (χ0v) is 8.68. The molecule has 0 saturated carbocycles. The lowest BCUT2D eigenvalue weighted by molar-refractivity contribution is -0.137. The second-order valence-electron chi connectivity index (χ2n) is 2.79. The normalized spacial score (nSPS) is 12.3. The third-order valence-electron chi connectivity index (χ3n) is 1.68. The molecule has 0 bridgehead atoms. The average Bonchev–Trinajstić information content (AvgIpc) is 2.46. The Labute approximate surface area is 91.2 Å². The minimum Gasteiger partial charge on any atom is -0.231 e. The van der Waals surface area contributed by atoms with Crippen molar-refractivity contribution in [2.45, 2.75) is 11.1 Å². The monoisotopic (exact) mass is 253 g/mol. The van der Waals surface area contributed by atoms with E-state index in [2.05, 4.69) is 17.6 Å². The number of benzene rings is 1. The predicted molar refractivity (Wildman–Crippen MR) is 51.8 cm³/mol. The van der Waals surface area contributed by atoms with Gasteiger partial charge in [0.15, 0.2) is 5.01 Å². The van der Waals surface area contributed by atoms with Crippen LogP contribution in [0.4, 0.5) is 17.6 Å². The van der Waals surface area contributed by atoms with Gasteiger partial charge in [-0.3, -0.25) is 0 Å². The van der Waals surface area contributed by atoms with Crippen molar-refractivity contribution in [1.82, 2.24) is 4.98 Å². The van der Waals surface area contributed by atoms with Crippen LogP contribution < -0.4 is 0 Å². The van der Waals surface area contributed by atoms with Crippen LogP contribution in [-0.2, 0) is 6.18 Å². The molecule has 0 spiro atoms. The third-order valence-corrected chi connectivity index (χ3v) is 3.07. The molecular weight excluding hydrogens is 250 g/mol. The van der Waals surface area contributed by atoms with Gasteiger partial charge in [-0.2, -0.15) is 13.2 Å². The highest BCUT2D eigenvalue weighted by Crippen LogP contribution is 2.37. The molecule has 15 heavy (non-hydrogen) atoms. The summed E-state index contributed by atoms with van der Waals surface area (Å²) in [5.41, 5.74) is 0.0806. The van der Waals surface area contributed by atoms with Crippen molar-refractivity contribution in [2.24, 2.45) is 0 Å². The molecule has 2 aromatic rings. The highest BCUT2D eigenvalue weighted by molar-refractivity contribution is 7.80. The van der Waals surface area contributed by atoms with Crippen LogP contribution in [-0.4, -0.2) is 4.98 Å². The molecule has 0 amide bonds. The SMILES string of the molecule is Fc1cc(S)c2nc(C(F)(F)F)sc2c1. The van der Waals surface area contributed by atoms with Crippen molar-refractivity contribution >= 4 is 34.2 Å². The predicted octanol–water partition coefficient (Wildman–Crippen LogP) is 3.74. The Bertz CT molecular complexity index is 517. The first-order chi connectivity index (χ1) is 6.88. The van der Waals surface area contributed by atoms with Crippen molar-refractivity contribution < 1.29 is 17.6 Å². The number of hydrogen-bond donors (Lipinski definition) is 1. The van der Waals surface area contributed by atoms with E-state index in [4.69, 9.17) is 0 Å². The number of aromatic nitrogens is 1. The first kappa shape index (κ1) is 10.7. The fourth-order valence-electron chi connectivity index (χ4n) is 1.10. The lowest BCUT2D eigenvalue weighted by Gasteiger charge is -1.98. The van der Waals surface area contributed by atoms with E-state index in [1.54, 1.807) is 0 Å². The summed E-state index contributed by atoms with van der Waals surface area (Å²) >= 11 is 4.27. The van der Waals surface area contributed by atoms with Gasteiger partial charge in [0.2, 0.25) is 0 Å². The van der Waals surface area contributed by atoms with Crippen LogP contribution >= 0.6 is 24.0 Å². The lowest BCUT2D eigenvalue weighted by atomic mass is 10.3. The van der Waals surface area contributed by atoms with Gasteiger partial charge in [0, 0.05) is 4.90 Å². The number of alkyl halides is 3. The molecule has 0 N–H and O–H groups in total. The van der Waals surface area contributed by atoms with Crippen LogP contribution in [0.2, 0.25) is 0 Å². The molecule has 2 rings (SSSR count). The second kappa shape index (κ2) is 3.34. The first-order valence-corrected chi connectivity index (χ1v) is 5.00. The summed E-state index contributed by atoms with van der Waals surface area (Å²) in [5.74, 6) is -0.620. The zero-order chi connectivity index (χ0) is 11.2. The summed E-state index contributed by atoms with van der Waals surface area (Å²) in [7, 11) is 0. The van der Waals surface area contributed by atoms with Gasteiger partial charge < -0.3 is 0 Å². The Morgan fingerprint density at radius 1 is 1.27 bits per heavy atom. The Morgan fingerprint density at radius 3 is 2.53 bits per heavy atom. The molecular formula is C8H3F4NS2. The molecule has 0 saturated heterocycles. The largest absolute Gasteiger partial charge is 0.443 e. The van der Waals surface area contributed by atoms with E-state index in [1.165, 1.54) is 0 Å². The van der Waals surface area contributed by atoms with Crippen LogP contribution in [0.5, 0.6) is 0 Å². The van der Waals surface area contributed by atoms with Crippen LogP contribution in [0.1, 0.15) is 5.01 Å². The quantitative estimate of drug-likeness (QED) is 0.557. The van der Waals surface area contributed by atoms with E-state index in [0.717, 1.165) is 12.1 Å². The van der Waals surface area contributed by atoms with Gasteiger partial charge in [0.05, 0.1) is 10.2 Å². The van der Waals surface area contributed by atoms with E-state index < -0.39 is 17.0 Å². The number of fused-ring (bicyclic) bond motifs is 1. The van der Waals surface area contributed by atoms with Gasteiger partial charge in [-0.15, -0.1) is 24.0 Å². The number of halogens is 4. The maximum atomic E-state index is 12.9. The second-order valence-corrected chi connectivity index (χ2v) is 4.30. The Kier molecular flexibility index (Phi) is 2.38. The molecule has 0 unspecified atom stereocenters. The highest BCUT2D eigenvalue weighted by atomic mass is 32.1. The van der Waals surface area contributed by atoms with Crippen molar-refractivity contribution in [3.8, 4) is 0 Å². The fourth-order valence-corrected chi connectivity index (χ4v) is 2.35. The van der Waals surface area contributed by atoms with E-state index in [9.17, 15) is 17.6 Å².